The Hall–Kier alpha value is -2.61. The number of ether oxygens (including phenoxy) is 4. The lowest BCUT2D eigenvalue weighted by molar-refractivity contribution is -0.121. The van der Waals surface area contributed by atoms with E-state index in [2.05, 4.69) is 10.5 Å². The van der Waals surface area contributed by atoms with Gasteiger partial charge in [-0.1, -0.05) is 23.7 Å². The van der Waals surface area contributed by atoms with Gasteiger partial charge in [0, 0.05) is 19.3 Å². The molecule has 8 heteroatoms. The summed E-state index contributed by atoms with van der Waals surface area (Å²) < 4.78 is 22.2. The number of hydrogen-bond donors (Lipinski definition) is 1. The van der Waals surface area contributed by atoms with Crippen LogP contribution in [0.1, 0.15) is 30.4 Å². The molecule has 0 unspecified atom stereocenters. The maximum Gasteiger partial charge on any atom is 0.240 e. The summed E-state index contributed by atoms with van der Waals surface area (Å²) in [6.07, 6.45) is 2.04. The number of nitrogens with zero attached hydrogens (tertiary/aromatic N) is 1. The number of benzene rings is 2. The van der Waals surface area contributed by atoms with Crippen molar-refractivity contribution in [3.63, 3.8) is 0 Å². The van der Waals surface area contributed by atoms with Gasteiger partial charge in [-0.3, -0.25) is 4.79 Å². The lowest BCUT2D eigenvalue weighted by Gasteiger charge is -2.14. The molecule has 2 aromatic carbocycles. The molecule has 0 aliphatic carbocycles. The lowest BCUT2D eigenvalue weighted by atomic mass is 10.0. The van der Waals surface area contributed by atoms with Gasteiger partial charge in [0.25, 0.3) is 0 Å². The van der Waals surface area contributed by atoms with Crippen LogP contribution in [0.3, 0.4) is 0 Å². The second-order valence-electron chi connectivity index (χ2n) is 7.40. The average Bonchev–Trinajstić information content (AvgIpc) is 3.61. The number of carbonyl (C=O) groups excluding carboxylic acids is 1. The Morgan fingerprint density at radius 2 is 1.94 bits per heavy atom. The zero-order valence-electron chi connectivity index (χ0n) is 17.1. The molecule has 0 aromatic heterocycles. The van der Waals surface area contributed by atoms with Crippen LogP contribution < -0.4 is 14.9 Å². The minimum Gasteiger partial charge on any atom is -0.492 e. The molecule has 0 bridgehead atoms. The molecule has 164 valence electrons. The van der Waals surface area contributed by atoms with Gasteiger partial charge in [0.1, 0.15) is 24.2 Å². The molecule has 1 N–H and O–H groups in total. The van der Waals surface area contributed by atoms with Gasteiger partial charge in [0.15, 0.2) is 0 Å². The van der Waals surface area contributed by atoms with E-state index in [4.69, 9.17) is 30.5 Å². The minimum absolute atomic E-state index is 0.0672. The molecule has 0 saturated carbocycles. The average molecular weight is 445 g/mol. The second kappa shape index (κ2) is 10.6. The van der Waals surface area contributed by atoms with Crippen LogP contribution in [0.25, 0.3) is 0 Å². The number of amides is 1. The normalized spacial score (nSPS) is 17.6. The van der Waals surface area contributed by atoms with Crippen molar-refractivity contribution in [2.75, 3.05) is 26.4 Å². The molecule has 0 radical (unpaired) electrons. The van der Waals surface area contributed by atoms with Gasteiger partial charge < -0.3 is 18.9 Å². The largest absolute Gasteiger partial charge is 0.492 e. The monoisotopic (exact) mass is 444 g/mol. The quantitative estimate of drug-likeness (QED) is 0.422. The van der Waals surface area contributed by atoms with E-state index in [1.807, 2.05) is 42.5 Å². The Morgan fingerprint density at radius 1 is 1.10 bits per heavy atom. The van der Waals surface area contributed by atoms with Crippen LogP contribution in [0, 0.1) is 0 Å². The van der Waals surface area contributed by atoms with Crippen LogP contribution in [0.15, 0.2) is 47.6 Å². The lowest BCUT2D eigenvalue weighted by Crippen LogP contribution is -2.25. The third-order valence-corrected chi connectivity index (χ3v) is 5.19. The Balaban J connectivity index is 1.13. The van der Waals surface area contributed by atoms with Gasteiger partial charge in [-0.2, -0.15) is 5.10 Å². The zero-order valence-corrected chi connectivity index (χ0v) is 17.9. The van der Waals surface area contributed by atoms with Gasteiger partial charge in [-0.25, -0.2) is 5.43 Å². The fourth-order valence-corrected chi connectivity index (χ4v) is 3.28. The van der Waals surface area contributed by atoms with E-state index < -0.39 is 0 Å². The molecule has 1 saturated heterocycles. The van der Waals surface area contributed by atoms with E-state index in [1.165, 1.54) is 0 Å². The first-order valence-corrected chi connectivity index (χ1v) is 10.7. The van der Waals surface area contributed by atoms with Crippen molar-refractivity contribution in [1.29, 1.82) is 0 Å². The van der Waals surface area contributed by atoms with E-state index in [9.17, 15) is 4.79 Å². The van der Waals surface area contributed by atoms with Crippen LogP contribution in [0.4, 0.5) is 0 Å². The van der Waals surface area contributed by atoms with Crippen LogP contribution in [-0.4, -0.2) is 44.2 Å². The van der Waals surface area contributed by atoms with E-state index in [0.717, 1.165) is 35.6 Å². The number of epoxide rings is 1. The molecule has 2 aliphatic heterocycles. The first-order valence-electron chi connectivity index (χ1n) is 10.4. The summed E-state index contributed by atoms with van der Waals surface area (Å²) in [5, 5.41) is 4.61. The molecule has 2 aromatic rings. The number of hydrazone groups is 1. The molecule has 7 nitrogen and oxygen atoms in total. The Labute approximate surface area is 186 Å². The summed E-state index contributed by atoms with van der Waals surface area (Å²) in [6.45, 7) is 3.04. The third-order valence-electron chi connectivity index (χ3n) is 4.89. The predicted molar refractivity (Wildman–Crippen MR) is 117 cm³/mol. The van der Waals surface area contributed by atoms with E-state index in [0.29, 0.717) is 50.0 Å². The van der Waals surface area contributed by atoms with Gasteiger partial charge in [-0.15, -0.1) is 0 Å². The number of halogens is 1. The summed E-state index contributed by atoms with van der Waals surface area (Å²) in [4.78, 5) is 11.2. The smallest absolute Gasteiger partial charge is 0.240 e. The standard InChI is InChI=1S/C23H25ClN2O5/c24-20-12-17(21-7-9-23(27)26-25-21)4-8-22(20)29-11-1-10-28-13-16-2-5-18(6-3-16)30-14-19-15-31-19/h2-6,8,12,19H,1,7,9-11,13-15H2,(H,26,27)/t19-/m1/s1. The van der Waals surface area contributed by atoms with Crippen molar-refractivity contribution in [1.82, 2.24) is 5.43 Å². The SMILES string of the molecule is O=C1CCC(c2ccc(OCCCOCc3ccc(OC[C@@H]4CO4)cc3)c(Cl)c2)=NN1. The van der Waals surface area contributed by atoms with Gasteiger partial charge in [-0.05, 0) is 41.5 Å². The summed E-state index contributed by atoms with van der Waals surface area (Å²) in [6, 6.07) is 13.4. The Bertz CT molecular complexity index is 928. The molecule has 1 amide bonds. The summed E-state index contributed by atoms with van der Waals surface area (Å²) in [5.41, 5.74) is 5.29. The van der Waals surface area contributed by atoms with E-state index >= 15 is 0 Å². The summed E-state index contributed by atoms with van der Waals surface area (Å²) >= 11 is 6.34. The number of rotatable bonds is 11. The van der Waals surface area contributed by atoms with Crippen LogP contribution >= 0.6 is 11.6 Å². The Kier molecular flexibility index (Phi) is 7.40. The third kappa shape index (κ3) is 6.69. The van der Waals surface area contributed by atoms with Crippen molar-refractivity contribution in [2.24, 2.45) is 5.10 Å². The number of carbonyl (C=O) groups is 1. The van der Waals surface area contributed by atoms with Crippen LogP contribution in [0.2, 0.25) is 5.02 Å². The molecule has 0 spiro atoms. The minimum atomic E-state index is -0.0672. The van der Waals surface area contributed by atoms with Gasteiger partial charge >= 0.3 is 0 Å². The second-order valence-corrected chi connectivity index (χ2v) is 7.81. The summed E-state index contributed by atoms with van der Waals surface area (Å²) in [5.74, 6) is 1.40. The van der Waals surface area contributed by atoms with Crippen LogP contribution in [0.5, 0.6) is 11.5 Å². The first kappa shape index (κ1) is 21.6. The molecule has 2 heterocycles. The van der Waals surface area contributed by atoms with Crippen molar-refractivity contribution in [2.45, 2.75) is 32.0 Å². The predicted octanol–water partition coefficient (Wildman–Crippen LogP) is 3.72. The Morgan fingerprint density at radius 3 is 2.65 bits per heavy atom. The molecular weight excluding hydrogens is 420 g/mol. The highest BCUT2D eigenvalue weighted by molar-refractivity contribution is 6.32. The molecular formula is C23H25ClN2O5. The zero-order chi connectivity index (χ0) is 21.5. The fourth-order valence-electron chi connectivity index (χ4n) is 3.05. The summed E-state index contributed by atoms with van der Waals surface area (Å²) in [7, 11) is 0. The van der Waals surface area contributed by atoms with Gasteiger partial charge in [0.05, 0.1) is 37.2 Å². The molecule has 1 atom stereocenters. The van der Waals surface area contributed by atoms with Crippen molar-refractivity contribution >= 4 is 23.2 Å². The van der Waals surface area contributed by atoms with Crippen molar-refractivity contribution in [3.8, 4) is 11.5 Å². The molecule has 1 fully saturated rings. The number of hydrogen-bond acceptors (Lipinski definition) is 6. The van der Waals surface area contributed by atoms with E-state index in [-0.39, 0.29) is 12.0 Å². The highest BCUT2D eigenvalue weighted by Crippen LogP contribution is 2.27. The highest BCUT2D eigenvalue weighted by Gasteiger charge is 2.23. The highest BCUT2D eigenvalue weighted by atomic mass is 35.5. The fraction of sp³-hybridized carbons (Fsp3) is 0.391. The molecule has 4 rings (SSSR count). The molecule has 2 aliphatic rings. The molecule has 31 heavy (non-hydrogen) atoms. The number of nitrogens with one attached hydrogen (secondary N) is 1. The van der Waals surface area contributed by atoms with Crippen molar-refractivity contribution in [3.05, 3.63) is 58.6 Å². The van der Waals surface area contributed by atoms with E-state index in [1.54, 1.807) is 0 Å². The maximum absolute atomic E-state index is 11.2. The van der Waals surface area contributed by atoms with Gasteiger partial charge in [0.2, 0.25) is 5.91 Å². The maximum atomic E-state index is 11.2. The first-order chi connectivity index (χ1) is 15.2. The van der Waals surface area contributed by atoms with Crippen molar-refractivity contribution < 1.29 is 23.7 Å². The topological polar surface area (TPSA) is 81.7 Å². The van der Waals surface area contributed by atoms with Crippen LogP contribution in [-0.2, 0) is 20.9 Å².